The second-order valence-electron chi connectivity index (χ2n) is 7.01. The fourth-order valence-corrected chi connectivity index (χ4v) is 3.31. The van der Waals surface area contributed by atoms with E-state index in [2.05, 4.69) is 20.1 Å². The highest BCUT2D eigenvalue weighted by Gasteiger charge is 2.43. The van der Waals surface area contributed by atoms with Crippen LogP contribution in [-0.4, -0.2) is 45.8 Å². The number of hydrogen-bond acceptors (Lipinski definition) is 5. The molecule has 1 aliphatic rings. The van der Waals surface area contributed by atoms with E-state index in [9.17, 15) is 27.6 Å². The maximum absolute atomic E-state index is 12.4. The molecule has 4 rings (SSSR count). The van der Waals surface area contributed by atoms with Crippen molar-refractivity contribution in [2.24, 2.45) is 0 Å². The van der Waals surface area contributed by atoms with Crippen LogP contribution >= 0.6 is 0 Å². The third-order valence-corrected chi connectivity index (χ3v) is 4.85. The number of hydroxylamine groups is 1. The molecule has 0 radical (unpaired) electrons. The largest absolute Gasteiger partial charge is 0.493 e. The second kappa shape index (κ2) is 8.30. The van der Waals surface area contributed by atoms with Crippen LogP contribution < -0.4 is 10.4 Å². The van der Waals surface area contributed by atoms with E-state index in [1.54, 1.807) is 24.4 Å². The molecule has 3 N–H and O–H groups in total. The summed E-state index contributed by atoms with van der Waals surface area (Å²) < 4.78 is 37.3. The van der Waals surface area contributed by atoms with Crippen molar-refractivity contribution < 1.29 is 37.5 Å². The number of carbonyl (C=O) groups is 3. The number of rotatable bonds is 3. The Hall–Kier alpha value is -4.35. The van der Waals surface area contributed by atoms with Gasteiger partial charge in [0.15, 0.2) is 0 Å². The van der Waals surface area contributed by atoms with Crippen molar-refractivity contribution in [3.8, 4) is 22.5 Å². The molecule has 2 amide bonds. The number of halogens is 3. The lowest BCUT2D eigenvalue weighted by atomic mass is 10.1. The van der Waals surface area contributed by atoms with Crippen molar-refractivity contribution in [1.29, 1.82) is 0 Å². The van der Waals surface area contributed by atoms with Crippen molar-refractivity contribution in [3.05, 3.63) is 59.9 Å². The third kappa shape index (κ3) is 4.49. The normalized spacial score (nSPS) is 13.1. The Kier molecular flexibility index (Phi) is 5.50. The van der Waals surface area contributed by atoms with Crippen LogP contribution in [0.2, 0.25) is 0 Å². The van der Waals surface area contributed by atoms with E-state index in [0.717, 1.165) is 11.3 Å². The van der Waals surface area contributed by atoms with Gasteiger partial charge in [-0.05, 0) is 30.3 Å². The summed E-state index contributed by atoms with van der Waals surface area (Å²) in [6.45, 7) is 0.547. The van der Waals surface area contributed by atoms with Crippen LogP contribution in [0.5, 0.6) is 0 Å². The SMILES string of the molecule is O=C1NCCc2[nH]c(-c3ccnc(-c4ccc(N(OC(=O)C(F)(F)F)C(=O)O)cc4)c3)cc21. The molecule has 3 heterocycles. The number of benzene rings is 1. The Morgan fingerprint density at radius 2 is 1.82 bits per heavy atom. The van der Waals surface area contributed by atoms with Gasteiger partial charge in [0.2, 0.25) is 0 Å². The molecule has 0 saturated heterocycles. The van der Waals surface area contributed by atoms with Gasteiger partial charge in [0.25, 0.3) is 5.91 Å². The van der Waals surface area contributed by atoms with Crippen molar-refractivity contribution in [2.45, 2.75) is 12.6 Å². The van der Waals surface area contributed by atoms with Crippen molar-refractivity contribution >= 4 is 23.7 Å². The molecule has 2 aromatic heterocycles. The van der Waals surface area contributed by atoms with Crippen LogP contribution in [0.3, 0.4) is 0 Å². The molecule has 0 aliphatic carbocycles. The Bertz CT molecular complexity index is 1240. The number of aromatic nitrogens is 2. The number of carboxylic acid groups (broad SMARTS) is 1. The molecule has 12 heteroatoms. The summed E-state index contributed by atoms with van der Waals surface area (Å²) in [7, 11) is 0. The summed E-state index contributed by atoms with van der Waals surface area (Å²) in [5.41, 5.74) is 3.58. The Labute approximate surface area is 183 Å². The number of fused-ring (bicyclic) bond motifs is 1. The van der Waals surface area contributed by atoms with Crippen molar-refractivity contribution in [2.75, 3.05) is 11.6 Å². The van der Waals surface area contributed by atoms with E-state index in [4.69, 9.17) is 5.11 Å². The Morgan fingerprint density at radius 1 is 1.09 bits per heavy atom. The summed E-state index contributed by atoms with van der Waals surface area (Å²) in [4.78, 5) is 45.7. The predicted molar refractivity (Wildman–Crippen MR) is 108 cm³/mol. The zero-order chi connectivity index (χ0) is 23.8. The fraction of sp³-hybridized carbons (Fsp3) is 0.143. The summed E-state index contributed by atoms with van der Waals surface area (Å²) >= 11 is 0. The first-order chi connectivity index (χ1) is 15.6. The summed E-state index contributed by atoms with van der Waals surface area (Å²) in [6.07, 6.45) is -5.03. The number of aromatic amines is 1. The zero-order valence-electron chi connectivity index (χ0n) is 16.6. The van der Waals surface area contributed by atoms with Crippen LogP contribution in [0.25, 0.3) is 22.5 Å². The maximum atomic E-state index is 12.4. The van der Waals surface area contributed by atoms with Crippen LogP contribution in [0.1, 0.15) is 16.1 Å². The maximum Gasteiger partial charge on any atom is 0.493 e. The van der Waals surface area contributed by atoms with Crippen molar-refractivity contribution in [3.63, 3.8) is 0 Å². The molecule has 0 saturated carbocycles. The third-order valence-electron chi connectivity index (χ3n) is 4.85. The minimum Gasteiger partial charge on any atom is -0.463 e. The van der Waals surface area contributed by atoms with Gasteiger partial charge >= 0.3 is 18.2 Å². The average Bonchev–Trinajstić information content (AvgIpc) is 3.23. The van der Waals surface area contributed by atoms with Crippen LogP contribution in [0, 0.1) is 0 Å². The lowest BCUT2D eigenvalue weighted by molar-refractivity contribution is -0.200. The molecule has 0 atom stereocenters. The van der Waals surface area contributed by atoms with Gasteiger partial charge < -0.3 is 20.2 Å². The van der Waals surface area contributed by atoms with Crippen LogP contribution in [-0.2, 0) is 16.1 Å². The molecular weight excluding hydrogens is 445 g/mol. The predicted octanol–water partition coefficient (Wildman–Crippen LogP) is 3.53. The topological polar surface area (TPSA) is 125 Å². The highest BCUT2D eigenvalue weighted by atomic mass is 19.4. The number of nitrogens with one attached hydrogen (secondary N) is 2. The summed E-state index contributed by atoms with van der Waals surface area (Å²) in [6, 6.07) is 10.4. The highest BCUT2D eigenvalue weighted by molar-refractivity contribution is 5.97. The van der Waals surface area contributed by atoms with Gasteiger partial charge in [-0.15, -0.1) is 5.06 Å². The van der Waals surface area contributed by atoms with E-state index in [0.29, 0.717) is 35.5 Å². The van der Waals surface area contributed by atoms with Crippen LogP contribution in [0.4, 0.5) is 23.7 Å². The van der Waals surface area contributed by atoms with E-state index in [1.807, 2.05) is 0 Å². The lowest BCUT2D eigenvalue weighted by Gasteiger charge is -2.18. The van der Waals surface area contributed by atoms with Crippen LogP contribution in [0.15, 0.2) is 48.7 Å². The van der Waals surface area contributed by atoms with Gasteiger partial charge in [-0.2, -0.15) is 13.2 Å². The van der Waals surface area contributed by atoms with Gasteiger partial charge in [0.05, 0.1) is 16.9 Å². The van der Waals surface area contributed by atoms with Gasteiger partial charge in [-0.1, -0.05) is 12.1 Å². The van der Waals surface area contributed by atoms with E-state index < -0.39 is 18.2 Å². The standard InChI is InChI=1S/C21H15F3N4O5/c22-21(23,24)19(30)33-28(20(31)32)13-3-1-11(2-4-13)16-9-12(5-7-25-16)17-10-14-15(27-17)6-8-26-18(14)29/h1-5,7,9-10,27H,6,8H2,(H,26,29)(H,31,32). The number of amides is 2. The number of H-pyrrole nitrogens is 1. The molecule has 33 heavy (non-hydrogen) atoms. The zero-order valence-corrected chi connectivity index (χ0v) is 16.6. The molecular formula is C21H15F3N4O5. The average molecular weight is 460 g/mol. The van der Waals surface area contributed by atoms with E-state index >= 15 is 0 Å². The van der Waals surface area contributed by atoms with Gasteiger partial charge in [0, 0.05) is 41.7 Å². The molecule has 1 aliphatic heterocycles. The summed E-state index contributed by atoms with van der Waals surface area (Å²) in [5.74, 6) is -2.82. The van der Waals surface area contributed by atoms with E-state index in [1.165, 1.54) is 24.3 Å². The number of alkyl halides is 3. The molecule has 0 fully saturated rings. The molecule has 1 aromatic carbocycles. The van der Waals surface area contributed by atoms with Crippen molar-refractivity contribution in [1.82, 2.24) is 15.3 Å². The monoisotopic (exact) mass is 460 g/mol. The van der Waals surface area contributed by atoms with E-state index in [-0.39, 0.29) is 16.7 Å². The minimum atomic E-state index is -5.35. The number of pyridine rings is 1. The Balaban J connectivity index is 1.59. The number of carbonyl (C=O) groups excluding carboxylic acids is 2. The van der Waals surface area contributed by atoms with Gasteiger partial charge in [-0.25, -0.2) is 9.59 Å². The molecule has 0 bridgehead atoms. The number of hydrogen-bond donors (Lipinski definition) is 3. The number of nitrogens with zero attached hydrogens (tertiary/aromatic N) is 2. The highest BCUT2D eigenvalue weighted by Crippen LogP contribution is 2.29. The fourth-order valence-electron chi connectivity index (χ4n) is 3.31. The summed E-state index contributed by atoms with van der Waals surface area (Å²) in [5, 5.41) is 11.7. The first-order valence-corrected chi connectivity index (χ1v) is 9.52. The first-order valence-electron chi connectivity index (χ1n) is 9.52. The molecule has 0 spiro atoms. The molecule has 0 unspecified atom stereocenters. The molecule has 3 aromatic rings. The smallest absolute Gasteiger partial charge is 0.463 e. The lowest BCUT2D eigenvalue weighted by Crippen LogP contribution is -2.37. The Morgan fingerprint density at radius 3 is 2.45 bits per heavy atom. The van der Waals surface area contributed by atoms with Gasteiger partial charge in [0.1, 0.15) is 0 Å². The molecule has 170 valence electrons. The quantitative estimate of drug-likeness (QED) is 0.514. The molecule has 9 nitrogen and oxygen atoms in total. The number of anilines is 1. The second-order valence-corrected chi connectivity index (χ2v) is 7.01. The minimum absolute atomic E-state index is 0.155. The first kappa shape index (κ1) is 21.9. The van der Waals surface area contributed by atoms with Gasteiger partial charge in [-0.3, -0.25) is 9.78 Å².